The molecule has 2 heterocycles. The molecule has 0 aromatic carbocycles. The Balaban J connectivity index is 0.000000202. The van der Waals surface area contributed by atoms with Crippen molar-refractivity contribution in [3.8, 4) is 0 Å². The highest BCUT2D eigenvalue weighted by Gasteiger charge is 2.22. The topological polar surface area (TPSA) is 65.3 Å². The molecule has 0 saturated carbocycles. The number of hydrogen-bond donors (Lipinski definition) is 4. The first kappa shape index (κ1) is 14.9. The first-order valence-corrected chi connectivity index (χ1v) is 6.89. The lowest BCUT2D eigenvalue weighted by Crippen LogP contribution is -2.56. The van der Waals surface area contributed by atoms with Gasteiger partial charge in [-0.05, 0) is 13.3 Å². The number of nitrogens with zero attached hydrogens (tertiary/aromatic N) is 1. The molecule has 2 aliphatic heterocycles. The quantitative estimate of drug-likeness (QED) is 0.509. The number of rotatable bonds is 2. The van der Waals surface area contributed by atoms with Gasteiger partial charge in [-0.15, -0.1) is 0 Å². The number of nitrogens with one attached hydrogen (secondary N) is 3. The van der Waals surface area contributed by atoms with E-state index in [9.17, 15) is 0 Å². The fraction of sp³-hybridized carbons (Fsp3) is 1.00. The van der Waals surface area contributed by atoms with Crippen molar-refractivity contribution in [1.82, 2.24) is 20.9 Å². The van der Waals surface area contributed by atoms with Crippen molar-refractivity contribution < 1.29 is 0 Å². The van der Waals surface area contributed by atoms with Crippen LogP contribution in [-0.2, 0) is 0 Å². The van der Waals surface area contributed by atoms with Crippen LogP contribution in [0, 0.1) is 0 Å². The average Bonchev–Trinajstić information content (AvgIpc) is 2.41. The third-order valence-corrected chi connectivity index (χ3v) is 3.35. The molecule has 2 rings (SSSR count). The van der Waals surface area contributed by atoms with Gasteiger partial charge in [0, 0.05) is 51.9 Å². The molecule has 0 aromatic rings. The van der Waals surface area contributed by atoms with Crippen molar-refractivity contribution in [2.75, 3.05) is 45.8 Å². The lowest BCUT2D eigenvalue weighted by atomic mass is 10.1. The molecule has 0 spiro atoms. The van der Waals surface area contributed by atoms with Gasteiger partial charge in [-0.1, -0.05) is 6.92 Å². The molecule has 0 bridgehead atoms. The average molecular weight is 243 g/mol. The van der Waals surface area contributed by atoms with Gasteiger partial charge < -0.3 is 21.7 Å². The van der Waals surface area contributed by atoms with E-state index in [0.29, 0.717) is 6.04 Å². The van der Waals surface area contributed by atoms with Gasteiger partial charge in [-0.2, -0.15) is 0 Å². The second kappa shape index (κ2) is 8.83. The van der Waals surface area contributed by atoms with Crippen molar-refractivity contribution in [2.45, 2.75) is 32.5 Å². The Morgan fingerprint density at radius 3 is 2.06 bits per heavy atom. The van der Waals surface area contributed by atoms with Gasteiger partial charge in [-0.25, -0.2) is 0 Å². The second-order valence-corrected chi connectivity index (χ2v) is 4.74. The fourth-order valence-corrected chi connectivity index (χ4v) is 2.30. The summed E-state index contributed by atoms with van der Waals surface area (Å²) in [6.45, 7) is 12.1. The first-order valence-electron chi connectivity index (χ1n) is 6.89. The standard InChI is InChI=1S/C8H19N3.C4H10N2/c1-3-8-6-10-4-5-11(8)7(2)9;1-2-6-4-3-5-1/h7-8,10H,3-6,9H2,1-2H3;5-6H,1-4H2. The number of piperazine rings is 2. The van der Waals surface area contributed by atoms with E-state index in [2.05, 4.69) is 34.7 Å². The summed E-state index contributed by atoms with van der Waals surface area (Å²) in [6.07, 6.45) is 1.40. The predicted octanol–water partition coefficient (Wildman–Crippen LogP) is -0.846. The summed E-state index contributed by atoms with van der Waals surface area (Å²) in [4.78, 5) is 2.37. The highest BCUT2D eigenvalue weighted by molar-refractivity contribution is 4.80. The zero-order chi connectivity index (χ0) is 12.5. The molecule has 2 atom stereocenters. The van der Waals surface area contributed by atoms with Crippen molar-refractivity contribution in [3.63, 3.8) is 0 Å². The van der Waals surface area contributed by atoms with Crippen LogP contribution < -0.4 is 21.7 Å². The van der Waals surface area contributed by atoms with Crippen LogP contribution in [0.2, 0.25) is 0 Å². The van der Waals surface area contributed by atoms with Gasteiger partial charge in [0.15, 0.2) is 0 Å². The molecular weight excluding hydrogens is 214 g/mol. The van der Waals surface area contributed by atoms with Gasteiger partial charge in [0.05, 0.1) is 6.17 Å². The van der Waals surface area contributed by atoms with Crippen molar-refractivity contribution in [2.24, 2.45) is 5.73 Å². The maximum absolute atomic E-state index is 5.83. The van der Waals surface area contributed by atoms with Gasteiger partial charge in [-0.3, -0.25) is 4.90 Å². The highest BCUT2D eigenvalue weighted by atomic mass is 15.3. The molecular formula is C12H29N5. The molecule has 2 fully saturated rings. The van der Waals surface area contributed by atoms with E-state index in [4.69, 9.17) is 5.73 Å². The van der Waals surface area contributed by atoms with Crippen molar-refractivity contribution >= 4 is 0 Å². The van der Waals surface area contributed by atoms with Crippen LogP contribution in [0.4, 0.5) is 0 Å². The molecule has 2 unspecified atom stereocenters. The largest absolute Gasteiger partial charge is 0.316 e. The molecule has 0 amide bonds. The SMILES string of the molecule is C1CNCCN1.CCC1CNCCN1C(C)N. The van der Waals surface area contributed by atoms with Crippen LogP contribution in [0.5, 0.6) is 0 Å². The van der Waals surface area contributed by atoms with E-state index in [1.54, 1.807) is 0 Å². The first-order chi connectivity index (χ1) is 8.25. The molecule has 102 valence electrons. The van der Waals surface area contributed by atoms with Gasteiger partial charge in [0.2, 0.25) is 0 Å². The Hall–Kier alpha value is -0.200. The maximum atomic E-state index is 5.83. The van der Waals surface area contributed by atoms with E-state index < -0.39 is 0 Å². The molecule has 5 nitrogen and oxygen atoms in total. The van der Waals surface area contributed by atoms with Crippen LogP contribution in [0.3, 0.4) is 0 Å². The lowest BCUT2D eigenvalue weighted by Gasteiger charge is -2.38. The predicted molar refractivity (Wildman–Crippen MR) is 73.0 cm³/mol. The van der Waals surface area contributed by atoms with E-state index in [1.165, 1.54) is 6.42 Å². The fourth-order valence-electron chi connectivity index (χ4n) is 2.30. The Kier molecular flexibility index (Phi) is 7.72. The summed E-state index contributed by atoms with van der Waals surface area (Å²) in [7, 11) is 0. The minimum Gasteiger partial charge on any atom is -0.316 e. The Morgan fingerprint density at radius 2 is 1.71 bits per heavy atom. The van der Waals surface area contributed by atoms with E-state index in [-0.39, 0.29) is 6.17 Å². The summed E-state index contributed by atoms with van der Waals surface area (Å²) in [5.41, 5.74) is 5.83. The molecule has 2 aliphatic rings. The lowest BCUT2D eigenvalue weighted by molar-refractivity contribution is 0.115. The molecule has 5 N–H and O–H groups in total. The van der Waals surface area contributed by atoms with Crippen LogP contribution >= 0.6 is 0 Å². The summed E-state index contributed by atoms with van der Waals surface area (Å²) in [5.74, 6) is 0. The third kappa shape index (κ3) is 5.79. The minimum absolute atomic E-state index is 0.210. The number of nitrogens with two attached hydrogens (primary N) is 1. The smallest absolute Gasteiger partial charge is 0.0546 e. The van der Waals surface area contributed by atoms with E-state index >= 15 is 0 Å². The van der Waals surface area contributed by atoms with Crippen molar-refractivity contribution in [3.05, 3.63) is 0 Å². The molecule has 2 saturated heterocycles. The van der Waals surface area contributed by atoms with Crippen molar-refractivity contribution in [1.29, 1.82) is 0 Å². The van der Waals surface area contributed by atoms with Gasteiger partial charge in [0.1, 0.15) is 0 Å². The molecule has 0 radical (unpaired) electrons. The minimum atomic E-state index is 0.210. The Labute approximate surface area is 105 Å². The summed E-state index contributed by atoms with van der Waals surface area (Å²) in [6, 6.07) is 0.642. The zero-order valence-corrected chi connectivity index (χ0v) is 11.3. The van der Waals surface area contributed by atoms with Crippen LogP contribution in [0.15, 0.2) is 0 Å². The molecule has 0 aliphatic carbocycles. The van der Waals surface area contributed by atoms with Gasteiger partial charge >= 0.3 is 0 Å². The second-order valence-electron chi connectivity index (χ2n) is 4.74. The summed E-state index contributed by atoms with van der Waals surface area (Å²) in [5, 5.41) is 9.82. The Bertz CT molecular complexity index is 170. The highest BCUT2D eigenvalue weighted by Crippen LogP contribution is 2.07. The molecule has 5 heteroatoms. The molecule has 17 heavy (non-hydrogen) atoms. The monoisotopic (exact) mass is 243 g/mol. The van der Waals surface area contributed by atoms with Crippen LogP contribution in [0.1, 0.15) is 20.3 Å². The van der Waals surface area contributed by atoms with Crippen LogP contribution in [0.25, 0.3) is 0 Å². The Morgan fingerprint density at radius 1 is 1.12 bits per heavy atom. The normalized spacial score (nSPS) is 28.1. The van der Waals surface area contributed by atoms with E-state index in [0.717, 1.165) is 45.8 Å². The third-order valence-electron chi connectivity index (χ3n) is 3.35. The molecule has 0 aromatic heterocycles. The maximum Gasteiger partial charge on any atom is 0.0546 e. The van der Waals surface area contributed by atoms with Gasteiger partial charge in [0.25, 0.3) is 0 Å². The number of hydrogen-bond acceptors (Lipinski definition) is 5. The summed E-state index contributed by atoms with van der Waals surface area (Å²) >= 11 is 0. The summed E-state index contributed by atoms with van der Waals surface area (Å²) < 4.78 is 0. The zero-order valence-electron chi connectivity index (χ0n) is 11.3. The van der Waals surface area contributed by atoms with E-state index in [1.807, 2.05) is 0 Å². The van der Waals surface area contributed by atoms with Crippen LogP contribution in [-0.4, -0.2) is 62.9 Å².